The van der Waals surface area contributed by atoms with Gasteiger partial charge in [0.1, 0.15) is 11.5 Å². The minimum Gasteiger partial charge on any atom is -0.496 e. The first kappa shape index (κ1) is 13.2. The Bertz CT molecular complexity index is 398. The van der Waals surface area contributed by atoms with Crippen LogP contribution in [0.25, 0.3) is 0 Å². The average molecular weight is 249 g/mol. The smallest absolute Gasteiger partial charge is 0.124 e. The highest BCUT2D eigenvalue weighted by Gasteiger charge is 2.21. The van der Waals surface area contributed by atoms with E-state index in [0.717, 1.165) is 30.9 Å². The lowest BCUT2D eigenvalue weighted by atomic mass is 9.99. The van der Waals surface area contributed by atoms with Gasteiger partial charge in [-0.05, 0) is 43.5 Å². The first-order valence-electron chi connectivity index (χ1n) is 6.78. The fourth-order valence-corrected chi connectivity index (χ4v) is 2.67. The molecule has 1 heterocycles. The van der Waals surface area contributed by atoms with E-state index < -0.39 is 0 Å². The van der Waals surface area contributed by atoms with E-state index >= 15 is 0 Å². The maximum absolute atomic E-state index is 5.55. The van der Waals surface area contributed by atoms with Crippen LogP contribution in [0, 0.1) is 0 Å². The van der Waals surface area contributed by atoms with Crippen LogP contribution in [0.1, 0.15) is 43.4 Å². The lowest BCUT2D eigenvalue weighted by molar-refractivity contribution is 0.389. The summed E-state index contributed by atoms with van der Waals surface area (Å²) in [5.41, 5.74) is 2.46. The van der Waals surface area contributed by atoms with Crippen molar-refractivity contribution in [2.24, 2.45) is 0 Å². The van der Waals surface area contributed by atoms with Crippen molar-refractivity contribution in [3.05, 3.63) is 23.3 Å². The molecule has 0 bridgehead atoms. The molecule has 1 saturated heterocycles. The van der Waals surface area contributed by atoms with Crippen LogP contribution < -0.4 is 14.8 Å². The Morgan fingerprint density at radius 2 is 2.00 bits per heavy atom. The number of ether oxygens (including phenoxy) is 2. The fraction of sp³-hybridized carbons (Fsp3) is 0.600. The largest absolute Gasteiger partial charge is 0.496 e. The summed E-state index contributed by atoms with van der Waals surface area (Å²) in [5, 5.41) is 3.51. The molecule has 18 heavy (non-hydrogen) atoms. The fourth-order valence-electron chi connectivity index (χ4n) is 2.67. The molecule has 0 aromatic heterocycles. The van der Waals surface area contributed by atoms with Gasteiger partial charge in [-0.25, -0.2) is 0 Å². The van der Waals surface area contributed by atoms with E-state index in [2.05, 4.69) is 24.4 Å². The molecule has 2 rings (SSSR count). The molecule has 1 fully saturated rings. The molecule has 0 spiro atoms. The zero-order valence-electron chi connectivity index (χ0n) is 11.6. The monoisotopic (exact) mass is 249 g/mol. The van der Waals surface area contributed by atoms with Crippen LogP contribution in [0.2, 0.25) is 0 Å². The number of hydrogen-bond acceptors (Lipinski definition) is 3. The summed E-state index contributed by atoms with van der Waals surface area (Å²) >= 11 is 0. The molecule has 0 saturated carbocycles. The van der Waals surface area contributed by atoms with Crippen LogP contribution >= 0.6 is 0 Å². The average Bonchev–Trinajstić information content (AvgIpc) is 2.92. The second-order valence-corrected chi connectivity index (χ2v) is 4.80. The second-order valence-electron chi connectivity index (χ2n) is 4.80. The Morgan fingerprint density at radius 3 is 2.56 bits per heavy atom. The van der Waals surface area contributed by atoms with Crippen LogP contribution in [-0.4, -0.2) is 20.8 Å². The number of hydrogen-bond donors (Lipinski definition) is 1. The standard InChI is InChI=1S/C15H23NO2/c1-4-6-11-9-15(18-3)12(10-14(11)17-2)13-7-5-8-16-13/h9-10,13,16H,4-8H2,1-3H3. The zero-order valence-corrected chi connectivity index (χ0v) is 11.6. The summed E-state index contributed by atoms with van der Waals surface area (Å²) in [6, 6.07) is 4.69. The van der Waals surface area contributed by atoms with E-state index in [9.17, 15) is 0 Å². The molecule has 100 valence electrons. The van der Waals surface area contributed by atoms with Gasteiger partial charge in [-0.2, -0.15) is 0 Å². The van der Waals surface area contributed by atoms with Crippen molar-refractivity contribution in [3.63, 3.8) is 0 Å². The van der Waals surface area contributed by atoms with E-state index in [4.69, 9.17) is 9.47 Å². The first-order valence-corrected chi connectivity index (χ1v) is 6.78. The summed E-state index contributed by atoms with van der Waals surface area (Å²) in [5.74, 6) is 1.97. The van der Waals surface area contributed by atoms with Crippen molar-refractivity contribution in [2.45, 2.75) is 38.6 Å². The van der Waals surface area contributed by atoms with Gasteiger partial charge < -0.3 is 14.8 Å². The molecule has 1 unspecified atom stereocenters. The molecule has 1 aromatic carbocycles. The summed E-state index contributed by atoms with van der Waals surface area (Å²) in [6.07, 6.45) is 4.54. The van der Waals surface area contributed by atoms with Gasteiger partial charge in [0.25, 0.3) is 0 Å². The van der Waals surface area contributed by atoms with Gasteiger partial charge >= 0.3 is 0 Å². The predicted octanol–water partition coefficient (Wildman–Crippen LogP) is 3.08. The van der Waals surface area contributed by atoms with Gasteiger partial charge in [0, 0.05) is 11.6 Å². The minimum atomic E-state index is 0.407. The highest BCUT2D eigenvalue weighted by atomic mass is 16.5. The van der Waals surface area contributed by atoms with Gasteiger partial charge in [-0.1, -0.05) is 13.3 Å². The topological polar surface area (TPSA) is 30.5 Å². The van der Waals surface area contributed by atoms with E-state index in [1.54, 1.807) is 14.2 Å². The molecule has 1 aliphatic rings. The molecule has 3 heteroatoms. The van der Waals surface area contributed by atoms with Crippen molar-refractivity contribution in [1.82, 2.24) is 5.32 Å². The van der Waals surface area contributed by atoms with Gasteiger partial charge in [-0.15, -0.1) is 0 Å². The normalized spacial score (nSPS) is 18.9. The molecule has 1 aliphatic heterocycles. The number of benzene rings is 1. The van der Waals surface area contributed by atoms with Crippen LogP contribution in [0.5, 0.6) is 11.5 Å². The predicted molar refractivity (Wildman–Crippen MR) is 73.5 cm³/mol. The highest BCUT2D eigenvalue weighted by molar-refractivity contribution is 5.48. The van der Waals surface area contributed by atoms with Gasteiger partial charge in [0.2, 0.25) is 0 Å². The van der Waals surface area contributed by atoms with Crippen LogP contribution in [0.3, 0.4) is 0 Å². The maximum Gasteiger partial charge on any atom is 0.124 e. The molecule has 1 N–H and O–H groups in total. The number of rotatable bonds is 5. The Kier molecular flexibility index (Phi) is 4.48. The van der Waals surface area contributed by atoms with Crippen molar-refractivity contribution in [3.8, 4) is 11.5 Å². The summed E-state index contributed by atoms with van der Waals surface area (Å²) in [6.45, 7) is 3.27. The molecule has 1 atom stereocenters. The first-order chi connectivity index (χ1) is 8.80. The lowest BCUT2D eigenvalue weighted by Gasteiger charge is -2.18. The number of nitrogens with one attached hydrogen (secondary N) is 1. The second kappa shape index (κ2) is 6.10. The van der Waals surface area contributed by atoms with Crippen LogP contribution in [0.4, 0.5) is 0 Å². The molecular formula is C15H23NO2. The Hall–Kier alpha value is -1.22. The Morgan fingerprint density at radius 1 is 1.22 bits per heavy atom. The minimum absolute atomic E-state index is 0.407. The molecule has 3 nitrogen and oxygen atoms in total. The zero-order chi connectivity index (χ0) is 13.0. The van der Waals surface area contributed by atoms with Crippen molar-refractivity contribution >= 4 is 0 Å². The quantitative estimate of drug-likeness (QED) is 0.870. The molecule has 0 aliphatic carbocycles. The lowest BCUT2D eigenvalue weighted by Crippen LogP contribution is -2.14. The molecule has 1 aromatic rings. The third-order valence-electron chi connectivity index (χ3n) is 3.59. The third-order valence-corrected chi connectivity index (χ3v) is 3.59. The highest BCUT2D eigenvalue weighted by Crippen LogP contribution is 2.36. The van der Waals surface area contributed by atoms with E-state index in [0.29, 0.717) is 6.04 Å². The van der Waals surface area contributed by atoms with E-state index in [1.165, 1.54) is 24.0 Å². The van der Waals surface area contributed by atoms with Crippen molar-refractivity contribution in [2.75, 3.05) is 20.8 Å². The summed E-state index contributed by atoms with van der Waals surface area (Å²) < 4.78 is 11.1. The summed E-state index contributed by atoms with van der Waals surface area (Å²) in [4.78, 5) is 0. The van der Waals surface area contributed by atoms with Crippen molar-refractivity contribution < 1.29 is 9.47 Å². The Balaban J connectivity index is 2.38. The Labute approximate surface area is 109 Å². The SMILES string of the molecule is CCCc1cc(OC)c(C2CCCN2)cc1OC. The molecule has 0 amide bonds. The van der Waals surface area contributed by atoms with Crippen molar-refractivity contribution in [1.29, 1.82) is 0 Å². The van der Waals surface area contributed by atoms with Gasteiger partial charge in [-0.3, -0.25) is 0 Å². The number of aryl methyl sites for hydroxylation is 1. The maximum atomic E-state index is 5.55. The van der Waals surface area contributed by atoms with Gasteiger partial charge in [0.15, 0.2) is 0 Å². The number of methoxy groups -OCH3 is 2. The molecule has 0 radical (unpaired) electrons. The van der Waals surface area contributed by atoms with Gasteiger partial charge in [0.05, 0.1) is 14.2 Å². The van der Waals surface area contributed by atoms with Crippen LogP contribution in [-0.2, 0) is 6.42 Å². The summed E-state index contributed by atoms with van der Waals surface area (Å²) in [7, 11) is 3.49. The molecular weight excluding hydrogens is 226 g/mol. The van der Waals surface area contributed by atoms with E-state index in [1.807, 2.05) is 0 Å². The van der Waals surface area contributed by atoms with Crippen LogP contribution in [0.15, 0.2) is 12.1 Å². The third kappa shape index (κ3) is 2.61. The van der Waals surface area contributed by atoms with E-state index in [-0.39, 0.29) is 0 Å².